The van der Waals surface area contributed by atoms with Gasteiger partial charge in [0.15, 0.2) is 0 Å². The molecular weight excluding hydrogens is 426 g/mol. The van der Waals surface area contributed by atoms with Crippen molar-refractivity contribution in [2.45, 2.75) is 18.8 Å². The zero-order valence-electron chi connectivity index (χ0n) is 16.1. The Morgan fingerprint density at radius 1 is 0.742 bits per heavy atom. The molecule has 0 aliphatic carbocycles. The van der Waals surface area contributed by atoms with Crippen LogP contribution < -0.4 is 0 Å². The van der Waals surface area contributed by atoms with Crippen LogP contribution in [0.25, 0.3) is 0 Å². The quantitative estimate of drug-likeness (QED) is 0.665. The Kier molecular flexibility index (Phi) is 6.28. The Morgan fingerprint density at radius 2 is 1.29 bits per heavy atom. The van der Waals surface area contributed by atoms with Gasteiger partial charge in [0.1, 0.15) is 0 Å². The summed E-state index contributed by atoms with van der Waals surface area (Å²) < 4.78 is 77.3. The summed E-state index contributed by atoms with van der Waals surface area (Å²) in [5.74, 6) is -1.09. The van der Waals surface area contributed by atoms with E-state index >= 15 is 0 Å². The fourth-order valence-electron chi connectivity index (χ4n) is 3.34. The Morgan fingerprint density at radius 3 is 1.84 bits per heavy atom. The van der Waals surface area contributed by atoms with E-state index in [-0.39, 0.29) is 38.5 Å². The van der Waals surface area contributed by atoms with Crippen LogP contribution in [-0.4, -0.2) is 47.8 Å². The molecule has 0 saturated carbocycles. The van der Waals surface area contributed by atoms with E-state index in [4.69, 9.17) is 0 Å². The SMILES string of the molecule is O=C(Cc1ccc(C(F)(F)F)cc1)N1CCN(C(=O)c2ccccc2C(F)(F)F)CC1. The minimum absolute atomic E-state index is 0.0593. The number of amides is 2. The summed E-state index contributed by atoms with van der Waals surface area (Å²) in [5, 5.41) is 0. The molecule has 0 unspecified atom stereocenters. The van der Waals surface area contributed by atoms with Gasteiger partial charge in [0.05, 0.1) is 23.1 Å². The van der Waals surface area contributed by atoms with E-state index in [2.05, 4.69) is 0 Å². The van der Waals surface area contributed by atoms with Gasteiger partial charge in [-0.2, -0.15) is 26.3 Å². The molecule has 1 aliphatic heterocycles. The van der Waals surface area contributed by atoms with Crippen LogP contribution in [-0.2, 0) is 23.6 Å². The van der Waals surface area contributed by atoms with Crippen molar-refractivity contribution < 1.29 is 35.9 Å². The average Bonchev–Trinajstić information content (AvgIpc) is 2.72. The molecule has 2 amide bonds. The van der Waals surface area contributed by atoms with E-state index in [0.717, 1.165) is 24.3 Å². The third-order valence-corrected chi connectivity index (χ3v) is 5.02. The number of carbonyl (C=O) groups is 2. The van der Waals surface area contributed by atoms with Crippen LogP contribution in [0.4, 0.5) is 26.3 Å². The summed E-state index contributed by atoms with van der Waals surface area (Å²) >= 11 is 0. The third-order valence-electron chi connectivity index (χ3n) is 5.02. The molecule has 0 bridgehead atoms. The second kappa shape index (κ2) is 8.60. The van der Waals surface area contributed by atoms with Gasteiger partial charge in [-0.15, -0.1) is 0 Å². The number of hydrogen-bond acceptors (Lipinski definition) is 2. The highest BCUT2D eigenvalue weighted by Gasteiger charge is 2.36. The predicted octanol–water partition coefficient (Wildman–Crippen LogP) is 4.25. The molecule has 0 atom stereocenters. The molecule has 1 heterocycles. The number of benzene rings is 2. The molecule has 1 saturated heterocycles. The van der Waals surface area contributed by atoms with Crippen LogP contribution in [0.2, 0.25) is 0 Å². The maximum atomic E-state index is 13.2. The van der Waals surface area contributed by atoms with Crippen LogP contribution in [0.1, 0.15) is 27.0 Å². The highest BCUT2D eigenvalue weighted by atomic mass is 19.4. The first kappa shape index (κ1) is 22.6. The van der Waals surface area contributed by atoms with Crippen molar-refractivity contribution in [1.82, 2.24) is 9.80 Å². The lowest BCUT2D eigenvalue weighted by Crippen LogP contribution is -2.51. The van der Waals surface area contributed by atoms with Crippen LogP contribution in [0.5, 0.6) is 0 Å². The Hall–Kier alpha value is -3.04. The van der Waals surface area contributed by atoms with Crippen LogP contribution >= 0.6 is 0 Å². The average molecular weight is 444 g/mol. The first-order valence-electron chi connectivity index (χ1n) is 9.36. The van der Waals surface area contributed by atoms with Crippen molar-refractivity contribution in [3.05, 3.63) is 70.8 Å². The molecular formula is C21H18F6N2O2. The topological polar surface area (TPSA) is 40.6 Å². The normalized spacial score (nSPS) is 15.2. The van der Waals surface area contributed by atoms with Gasteiger partial charge in [0, 0.05) is 26.2 Å². The fraction of sp³-hybridized carbons (Fsp3) is 0.333. The van der Waals surface area contributed by atoms with E-state index < -0.39 is 35.0 Å². The minimum atomic E-state index is -4.66. The molecule has 0 radical (unpaired) electrons. The second-order valence-electron chi connectivity index (χ2n) is 7.09. The number of hydrogen-bond donors (Lipinski definition) is 0. The third kappa shape index (κ3) is 5.36. The van der Waals surface area contributed by atoms with E-state index in [1.807, 2.05) is 0 Å². The molecule has 0 N–H and O–H groups in total. The first-order chi connectivity index (χ1) is 14.5. The van der Waals surface area contributed by atoms with Crippen molar-refractivity contribution in [1.29, 1.82) is 0 Å². The van der Waals surface area contributed by atoms with Crippen molar-refractivity contribution in [3.8, 4) is 0 Å². The van der Waals surface area contributed by atoms with E-state index in [0.29, 0.717) is 5.56 Å². The molecule has 2 aromatic rings. The Balaban J connectivity index is 1.60. The first-order valence-corrected chi connectivity index (χ1v) is 9.36. The van der Waals surface area contributed by atoms with Crippen LogP contribution in [0, 0.1) is 0 Å². The number of alkyl halides is 6. The zero-order chi connectivity index (χ0) is 22.8. The largest absolute Gasteiger partial charge is 0.417 e. The zero-order valence-corrected chi connectivity index (χ0v) is 16.1. The minimum Gasteiger partial charge on any atom is -0.339 e. The standard InChI is InChI=1S/C21H18F6N2O2/c22-20(23,24)15-7-5-14(6-8-15)13-18(30)28-9-11-29(12-10-28)19(31)16-3-1-2-4-17(16)21(25,26)27/h1-8H,9-13H2. The van der Waals surface area contributed by atoms with E-state index in [9.17, 15) is 35.9 Å². The highest BCUT2D eigenvalue weighted by molar-refractivity contribution is 5.96. The summed E-state index contributed by atoms with van der Waals surface area (Å²) in [5.41, 5.74) is -1.86. The number of piperazine rings is 1. The van der Waals surface area contributed by atoms with Gasteiger partial charge in [0.25, 0.3) is 5.91 Å². The van der Waals surface area contributed by atoms with Crippen molar-refractivity contribution in [2.24, 2.45) is 0 Å². The van der Waals surface area contributed by atoms with E-state index in [1.165, 1.54) is 34.1 Å². The smallest absolute Gasteiger partial charge is 0.339 e. The molecule has 0 aromatic heterocycles. The Labute approximate surface area is 174 Å². The monoisotopic (exact) mass is 444 g/mol. The lowest BCUT2D eigenvalue weighted by Gasteiger charge is -2.35. The molecule has 31 heavy (non-hydrogen) atoms. The summed E-state index contributed by atoms with van der Waals surface area (Å²) in [7, 11) is 0. The maximum absolute atomic E-state index is 13.2. The molecule has 166 valence electrons. The molecule has 10 heteroatoms. The van der Waals surface area contributed by atoms with E-state index in [1.54, 1.807) is 0 Å². The summed E-state index contributed by atoms with van der Waals surface area (Å²) in [6.07, 6.45) is -9.23. The summed E-state index contributed by atoms with van der Waals surface area (Å²) in [6.45, 7) is 0.367. The number of rotatable bonds is 3. The van der Waals surface area contributed by atoms with Crippen molar-refractivity contribution in [2.75, 3.05) is 26.2 Å². The van der Waals surface area contributed by atoms with Gasteiger partial charge in [-0.3, -0.25) is 9.59 Å². The Bertz CT molecular complexity index is 946. The lowest BCUT2D eigenvalue weighted by atomic mass is 10.1. The van der Waals surface area contributed by atoms with Gasteiger partial charge in [-0.1, -0.05) is 24.3 Å². The summed E-state index contributed by atoms with van der Waals surface area (Å²) in [4.78, 5) is 27.7. The maximum Gasteiger partial charge on any atom is 0.417 e. The fourth-order valence-corrected chi connectivity index (χ4v) is 3.34. The second-order valence-corrected chi connectivity index (χ2v) is 7.09. The lowest BCUT2D eigenvalue weighted by molar-refractivity contribution is -0.138. The molecule has 0 spiro atoms. The molecule has 1 fully saturated rings. The number of carbonyl (C=O) groups excluding carboxylic acids is 2. The van der Waals surface area contributed by atoms with Gasteiger partial charge in [-0.05, 0) is 29.8 Å². The summed E-state index contributed by atoms with van der Waals surface area (Å²) in [6, 6.07) is 8.78. The van der Waals surface area contributed by atoms with Crippen LogP contribution in [0.3, 0.4) is 0 Å². The molecule has 2 aromatic carbocycles. The predicted molar refractivity (Wildman–Crippen MR) is 99.1 cm³/mol. The highest BCUT2D eigenvalue weighted by Crippen LogP contribution is 2.32. The van der Waals surface area contributed by atoms with Gasteiger partial charge >= 0.3 is 12.4 Å². The van der Waals surface area contributed by atoms with Crippen molar-refractivity contribution >= 4 is 11.8 Å². The van der Waals surface area contributed by atoms with Gasteiger partial charge < -0.3 is 9.80 Å². The molecule has 3 rings (SSSR count). The van der Waals surface area contributed by atoms with Crippen LogP contribution in [0.15, 0.2) is 48.5 Å². The van der Waals surface area contributed by atoms with Crippen molar-refractivity contribution in [3.63, 3.8) is 0 Å². The molecule has 1 aliphatic rings. The van der Waals surface area contributed by atoms with Gasteiger partial charge in [0.2, 0.25) is 5.91 Å². The number of halogens is 6. The van der Waals surface area contributed by atoms with Gasteiger partial charge in [-0.25, -0.2) is 0 Å². The number of nitrogens with zero attached hydrogens (tertiary/aromatic N) is 2. The molecule has 4 nitrogen and oxygen atoms in total.